The lowest BCUT2D eigenvalue weighted by molar-refractivity contribution is 0.377. The first kappa shape index (κ1) is 27.5. The van der Waals surface area contributed by atoms with Crippen LogP contribution in [0.1, 0.15) is 37.1 Å². The number of hydrogen-bond acceptors (Lipinski definition) is 5. The number of ether oxygens (including phenoxy) is 1. The third kappa shape index (κ3) is 6.88. The van der Waals surface area contributed by atoms with Gasteiger partial charge in [0, 0.05) is 22.5 Å². The van der Waals surface area contributed by atoms with Gasteiger partial charge in [-0.3, -0.25) is 5.41 Å². The van der Waals surface area contributed by atoms with Crippen LogP contribution in [0.15, 0.2) is 42.5 Å². The Balaban J connectivity index is 0.00000204. The summed E-state index contributed by atoms with van der Waals surface area (Å²) < 4.78 is 5.42. The van der Waals surface area contributed by atoms with Gasteiger partial charge >= 0.3 is 0 Å². The van der Waals surface area contributed by atoms with E-state index in [9.17, 15) is 0 Å². The molecule has 0 amide bonds. The standard InChI is InChI=1S/C24H27ClN6O.2ClH/c1-32-17-11-12-19-18(14-17)23(29-20-4-2-3-5-21(20)30-24(26)27)31-22(28-19)13-8-15-6-9-16(25)10-7-15;;/h6-14,20-21H,2-5H2,1H3,(H4,26,27,30)(H,28,29,31);2*1H/b13-8+;;/t20-,21+;;/m1../s1. The van der Waals surface area contributed by atoms with Crippen molar-refractivity contribution in [1.82, 2.24) is 15.3 Å². The van der Waals surface area contributed by atoms with Crippen molar-refractivity contribution in [2.45, 2.75) is 37.8 Å². The minimum Gasteiger partial charge on any atom is -0.497 e. The molecular formula is C24H29Cl3N6O. The average molecular weight is 524 g/mol. The number of hydrogen-bond donors (Lipinski definition) is 4. The van der Waals surface area contributed by atoms with E-state index in [1.807, 2.05) is 54.6 Å². The van der Waals surface area contributed by atoms with Gasteiger partial charge in [-0.15, -0.1) is 24.8 Å². The van der Waals surface area contributed by atoms with Crippen molar-refractivity contribution in [2.75, 3.05) is 12.4 Å². The number of rotatable bonds is 6. The molecule has 3 aromatic rings. The lowest BCUT2D eigenvalue weighted by atomic mass is 9.90. The minimum absolute atomic E-state index is 0. The number of fused-ring (bicyclic) bond motifs is 1. The first-order chi connectivity index (χ1) is 15.5. The summed E-state index contributed by atoms with van der Waals surface area (Å²) in [5, 5.41) is 15.9. The number of nitrogens with two attached hydrogens (primary N) is 1. The Morgan fingerprint density at radius 1 is 1.06 bits per heavy atom. The van der Waals surface area contributed by atoms with Crippen LogP contribution in [-0.4, -0.2) is 35.1 Å². The van der Waals surface area contributed by atoms with Crippen LogP contribution in [0.25, 0.3) is 23.1 Å². The van der Waals surface area contributed by atoms with E-state index < -0.39 is 0 Å². The van der Waals surface area contributed by atoms with Crippen molar-refractivity contribution in [3.8, 4) is 5.75 Å². The number of guanidine groups is 1. The monoisotopic (exact) mass is 522 g/mol. The Hall–Kier alpha value is -2.74. The van der Waals surface area contributed by atoms with Gasteiger partial charge in [0.1, 0.15) is 11.6 Å². The largest absolute Gasteiger partial charge is 0.497 e. The van der Waals surface area contributed by atoms with Gasteiger partial charge in [0.15, 0.2) is 11.8 Å². The minimum atomic E-state index is -0.00972. The quantitative estimate of drug-likeness (QED) is 0.250. The van der Waals surface area contributed by atoms with E-state index in [1.165, 1.54) is 0 Å². The molecule has 1 aromatic heterocycles. The van der Waals surface area contributed by atoms with Crippen LogP contribution in [-0.2, 0) is 0 Å². The molecule has 5 N–H and O–H groups in total. The number of nitrogens with one attached hydrogen (secondary N) is 3. The molecule has 0 unspecified atom stereocenters. The van der Waals surface area contributed by atoms with Crippen LogP contribution in [0.3, 0.4) is 0 Å². The van der Waals surface area contributed by atoms with Gasteiger partial charge in [-0.05, 0) is 54.8 Å². The van der Waals surface area contributed by atoms with E-state index in [0.29, 0.717) is 10.8 Å². The van der Waals surface area contributed by atoms with Crippen molar-refractivity contribution >= 4 is 71.2 Å². The fourth-order valence-electron chi connectivity index (χ4n) is 4.03. The zero-order valence-corrected chi connectivity index (χ0v) is 21.1. The first-order valence-corrected chi connectivity index (χ1v) is 11.1. The molecule has 0 radical (unpaired) electrons. The number of benzene rings is 2. The highest BCUT2D eigenvalue weighted by Crippen LogP contribution is 2.29. The second kappa shape index (κ2) is 12.6. The molecule has 1 aliphatic rings. The maximum Gasteiger partial charge on any atom is 0.185 e. The van der Waals surface area contributed by atoms with E-state index in [2.05, 4.69) is 10.6 Å². The Morgan fingerprint density at radius 3 is 2.44 bits per heavy atom. The highest BCUT2D eigenvalue weighted by atomic mass is 35.5. The molecule has 182 valence electrons. The molecule has 0 bridgehead atoms. The van der Waals surface area contributed by atoms with E-state index in [0.717, 1.165) is 53.7 Å². The molecule has 0 aliphatic heterocycles. The van der Waals surface area contributed by atoms with Gasteiger partial charge in [-0.25, -0.2) is 9.97 Å². The fourth-order valence-corrected chi connectivity index (χ4v) is 4.16. The molecule has 34 heavy (non-hydrogen) atoms. The summed E-state index contributed by atoms with van der Waals surface area (Å²) in [6.07, 6.45) is 8.00. The molecule has 4 rings (SSSR count). The summed E-state index contributed by atoms with van der Waals surface area (Å²) in [6, 6.07) is 13.6. The van der Waals surface area contributed by atoms with Crippen LogP contribution in [0, 0.1) is 5.41 Å². The molecule has 1 heterocycles. The first-order valence-electron chi connectivity index (χ1n) is 10.7. The van der Waals surface area contributed by atoms with Gasteiger partial charge in [0.05, 0.1) is 12.6 Å². The second-order valence-corrected chi connectivity index (χ2v) is 8.33. The summed E-state index contributed by atoms with van der Waals surface area (Å²) in [5.41, 5.74) is 7.46. The molecule has 1 aliphatic carbocycles. The Morgan fingerprint density at radius 2 is 1.76 bits per heavy atom. The average Bonchev–Trinajstić information content (AvgIpc) is 2.79. The van der Waals surface area contributed by atoms with Gasteiger partial charge < -0.3 is 21.1 Å². The lowest BCUT2D eigenvalue weighted by Gasteiger charge is -2.33. The van der Waals surface area contributed by atoms with Crippen LogP contribution in [0.5, 0.6) is 5.75 Å². The zero-order chi connectivity index (χ0) is 22.5. The predicted molar refractivity (Wildman–Crippen MR) is 146 cm³/mol. The summed E-state index contributed by atoms with van der Waals surface area (Å²) in [5.74, 6) is 2.08. The SMILES string of the molecule is COc1ccc2nc(/C=C/c3ccc(Cl)cc3)nc(N[C@@H]3CCCC[C@@H]3NC(=N)N)c2c1.Cl.Cl. The molecule has 1 fully saturated rings. The molecule has 7 nitrogen and oxygen atoms in total. The fraction of sp³-hybridized carbons (Fsp3) is 0.292. The summed E-state index contributed by atoms with van der Waals surface area (Å²) in [4.78, 5) is 9.53. The molecular weight excluding hydrogens is 495 g/mol. The van der Waals surface area contributed by atoms with Crippen molar-refractivity contribution in [3.63, 3.8) is 0 Å². The van der Waals surface area contributed by atoms with Crippen LogP contribution < -0.4 is 21.1 Å². The molecule has 2 atom stereocenters. The van der Waals surface area contributed by atoms with Crippen molar-refractivity contribution < 1.29 is 4.74 Å². The normalized spacial score (nSPS) is 17.5. The Kier molecular flexibility index (Phi) is 10.2. The number of halogens is 3. The second-order valence-electron chi connectivity index (χ2n) is 7.90. The smallest absolute Gasteiger partial charge is 0.185 e. The molecule has 0 spiro atoms. The van der Waals surface area contributed by atoms with Gasteiger partial charge in [-0.2, -0.15) is 0 Å². The number of nitrogens with zero attached hydrogens (tertiary/aromatic N) is 2. The Labute approximate surface area is 216 Å². The molecule has 1 saturated carbocycles. The van der Waals surface area contributed by atoms with E-state index in [-0.39, 0.29) is 42.9 Å². The zero-order valence-electron chi connectivity index (χ0n) is 18.8. The van der Waals surface area contributed by atoms with Gasteiger partial charge in [0.25, 0.3) is 0 Å². The number of anilines is 1. The van der Waals surface area contributed by atoms with Crippen molar-refractivity contribution in [2.24, 2.45) is 5.73 Å². The van der Waals surface area contributed by atoms with E-state index in [4.69, 9.17) is 37.4 Å². The Bertz CT molecular complexity index is 1140. The highest BCUT2D eigenvalue weighted by Gasteiger charge is 2.26. The topological polar surface area (TPSA) is 109 Å². The van der Waals surface area contributed by atoms with Crippen LogP contribution >= 0.6 is 36.4 Å². The number of methoxy groups -OCH3 is 1. The molecule has 10 heteroatoms. The summed E-state index contributed by atoms with van der Waals surface area (Å²) in [6.45, 7) is 0. The predicted octanol–water partition coefficient (Wildman–Crippen LogP) is 5.51. The maximum absolute atomic E-state index is 7.65. The van der Waals surface area contributed by atoms with E-state index in [1.54, 1.807) is 7.11 Å². The maximum atomic E-state index is 7.65. The lowest BCUT2D eigenvalue weighted by Crippen LogP contribution is -2.50. The number of aromatic nitrogens is 2. The van der Waals surface area contributed by atoms with Gasteiger partial charge in [0.2, 0.25) is 0 Å². The van der Waals surface area contributed by atoms with Crippen LogP contribution in [0.4, 0.5) is 5.82 Å². The van der Waals surface area contributed by atoms with Crippen molar-refractivity contribution in [1.29, 1.82) is 5.41 Å². The summed E-state index contributed by atoms with van der Waals surface area (Å²) >= 11 is 5.98. The third-order valence-corrected chi connectivity index (χ3v) is 5.90. The summed E-state index contributed by atoms with van der Waals surface area (Å²) in [7, 11) is 1.65. The van der Waals surface area contributed by atoms with Crippen LogP contribution in [0.2, 0.25) is 5.02 Å². The van der Waals surface area contributed by atoms with E-state index >= 15 is 0 Å². The highest BCUT2D eigenvalue weighted by molar-refractivity contribution is 6.30. The van der Waals surface area contributed by atoms with Crippen molar-refractivity contribution in [3.05, 3.63) is 58.9 Å². The molecule has 0 saturated heterocycles. The van der Waals surface area contributed by atoms with Gasteiger partial charge in [-0.1, -0.05) is 42.7 Å². The third-order valence-electron chi connectivity index (χ3n) is 5.64. The molecule has 2 aromatic carbocycles.